The van der Waals surface area contributed by atoms with Gasteiger partial charge in [-0.15, -0.1) is 0 Å². The van der Waals surface area contributed by atoms with Crippen LogP contribution in [0, 0.1) is 0 Å². The van der Waals surface area contributed by atoms with Crippen molar-refractivity contribution in [2.24, 2.45) is 0 Å². The Kier molecular flexibility index (Phi) is 6.36. The first-order valence-corrected chi connectivity index (χ1v) is 10.9. The molecule has 10 nitrogen and oxygen atoms in total. The van der Waals surface area contributed by atoms with Gasteiger partial charge in [0, 0.05) is 45.8 Å². The van der Waals surface area contributed by atoms with E-state index in [2.05, 4.69) is 10.2 Å². The van der Waals surface area contributed by atoms with Crippen LogP contribution >= 0.6 is 0 Å². The minimum atomic E-state index is -3.47. The number of ether oxygens (including phenoxy) is 1. The molecule has 2 atom stereocenters. The number of hydrogen-bond acceptors (Lipinski definition) is 6. The average molecular weight is 404 g/mol. The van der Waals surface area contributed by atoms with Crippen molar-refractivity contribution in [3.8, 4) is 0 Å². The highest BCUT2D eigenvalue weighted by molar-refractivity contribution is 7.86. The SMILES string of the molecule is CC1CN(S(=O)(=O)N2CCN(CCCN3C(=O)CNC3=O)CC2)CC(C)O1. The van der Waals surface area contributed by atoms with Crippen molar-refractivity contribution in [3.05, 3.63) is 0 Å². The standard InChI is InChI=1S/C16H29N5O5S/c1-13-11-20(12-14(2)26-13)27(24,25)19-8-6-18(7-9-19)4-3-5-21-15(22)10-17-16(21)23/h13-14H,3-12H2,1-2H3,(H,17,23). The number of imide groups is 1. The molecule has 3 amide bonds. The molecular formula is C16H29N5O5S. The zero-order valence-corrected chi connectivity index (χ0v) is 16.8. The molecule has 0 aromatic carbocycles. The zero-order valence-electron chi connectivity index (χ0n) is 16.0. The number of rotatable bonds is 6. The number of amides is 3. The number of urea groups is 1. The summed E-state index contributed by atoms with van der Waals surface area (Å²) < 4.78 is 34.5. The molecule has 3 heterocycles. The minimum absolute atomic E-state index is 0.0775. The van der Waals surface area contributed by atoms with Crippen molar-refractivity contribution in [1.29, 1.82) is 0 Å². The summed E-state index contributed by atoms with van der Waals surface area (Å²) in [5.74, 6) is -0.190. The average Bonchev–Trinajstić information content (AvgIpc) is 2.93. The largest absolute Gasteiger partial charge is 0.373 e. The third-order valence-electron chi connectivity index (χ3n) is 5.16. The third kappa shape index (κ3) is 4.77. The van der Waals surface area contributed by atoms with Crippen molar-refractivity contribution in [2.45, 2.75) is 32.5 Å². The topological polar surface area (TPSA) is 103 Å². The van der Waals surface area contributed by atoms with Crippen LogP contribution in [-0.2, 0) is 19.7 Å². The number of piperazine rings is 1. The van der Waals surface area contributed by atoms with E-state index in [1.165, 1.54) is 9.21 Å². The monoisotopic (exact) mass is 403 g/mol. The summed E-state index contributed by atoms with van der Waals surface area (Å²) in [5.41, 5.74) is 0. The Balaban J connectivity index is 1.44. The number of carbonyl (C=O) groups excluding carboxylic acids is 2. The van der Waals surface area contributed by atoms with Gasteiger partial charge in [0.2, 0.25) is 5.91 Å². The molecule has 154 valence electrons. The van der Waals surface area contributed by atoms with Crippen LogP contribution in [0.2, 0.25) is 0 Å². The van der Waals surface area contributed by atoms with Gasteiger partial charge in [-0.1, -0.05) is 0 Å². The highest BCUT2D eigenvalue weighted by atomic mass is 32.2. The highest BCUT2D eigenvalue weighted by Crippen LogP contribution is 2.19. The molecule has 0 spiro atoms. The number of nitrogens with zero attached hydrogens (tertiary/aromatic N) is 4. The Bertz CT molecular complexity index is 638. The third-order valence-corrected chi connectivity index (χ3v) is 7.13. The maximum absolute atomic E-state index is 12.9. The van der Waals surface area contributed by atoms with Crippen LogP contribution in [0.4, 0.5) is 4.79 Å². The molecule has 3 rings (SSSR count). The van der Waals surface area contributed by atoms with E-state index in [9.17, 15) is 18.0 Å². The Morgan fingerprint density at radius 2 is 1.63 bits per heavy atom. The predicted octanol–water partition coefficient (Wildman–Crippen LogP) is -1.10. The normalized spacial score (nSPS) is 29.3. The van der Waals surface area contributed by atoms with Gasteiger partial charge < -0.3 is 15.0 Å². The van der Waals surface area contributed by atoms with Gasteiger partial charge in [0.1, 0.15) is 0 Å². The summed E-state index contributed by atoms with van der Waals surface area (Å²) in [7, 11) is -3.47. The van der Waals surface area contributed by atoms with E-state index in [4.69, 9.17) is 4.74 Å². The van der Waals surface area contributed by atoms with Crippen LogP contribution in [0.1, 0.15) is 20.3 Å². The van der Waals surface area contributed by atoms with E-state index in [1.54, 1.807) is 4.31 Å². The number of morpholine rings is 1. The van der Waals surface area contributed by atoms with Gasteiger partial charge in [-0.05, 0) is 26.8 Å². The molecule has 1 N–H and O–H groups in total. The Morgan fingerprint density at radius 3 is 2.19 bits per heavy atom. The van der Waals surface area contributed by atoms with Crippen molar-refractivity contribution in [1.82, 2.24) is 23.7 Å². The molecule has 0 aliphatic carbocycles. The van der Waals surface area contributed by atoms with Crippen molar-refractivity contribution in [2.75, 3.05) is 58.9 Å². The lowest BCUT2D eigenvalue weighted by molar-refractivity contribution is -0.125. The second kappa shape index (κ2) is 8.39. The molecule has 0 radical (unpaired) electrons. The molecular weight excluding hydrogens is 374 g/mol. The molecule has 0 aromatic heterocycles. The summed E-state index contributed by atoms with van der Waals surface area (Å²) in [6.45, 7) is 7.96. The van der Waals surface area contributed by atoms with Gasteiger partial charge in [0.15, 0.2) is 0 Å². The first-order valence-electron chi connectivity index (χ1n) is 9.48. The highest BCUT2D eigenvalue weighted by Gasteiger charge is 2.36. The lowest BCUT2D eigenvalue weighted by Gasteiger charge is -2.40. The quantitative estimate of drug-likeness (QED) is 0.565. The van der Waals surface area contributed by atoms with Crippen LogP contribution in [-0.4, -0.2) is 110 Å². The molecule has 27 heavy (non-hydrogen) atoms. The van der Waals surface area contributed by atoms with Crippen molar-refractivity contribution in [3.63, 3.8) is 0 Å². The fraction of sp³-hybridized carbons (Fsp3) is 0.875. The fourth-order valence-corrected chi connectivity index (χ4v) is 5.55. The summed E-state index contributed by atoms with van der Waals surface area (Å²) in [6, 6.07) is -0.329. The lowest BCUT2D eigenvalue weighted by Crippen LogP contribution is -2.57. The van der Waals surface area contributed by atoms with Gasteiger partial charge in [-0.2, -0.15) is 17.0 Å². The molecule has 11 heteroatoms. The van der Waals surface area contributed by atoms with Crippen LogP contribution < -0.4 is 5.32 Å². The van der Waals surface area contributed by atoms with Crippen LogP contribution in [0.15, 0.2) is 0 Å². The van der Waals surface area contributed by atoms with E-state index in [0.717, 1.165) is 6.54 Å². The molecule has 3 saturated heterocycles. The smallest absolute Gasteiger partial charge is 0.324 e. The summed E-state index contributed by atoms with van der Waals surface area (Å²) in [5, 5.41) is 2.50. The van der Waals surface area contributed by atoms with Gasteiger partial charge in [-0.3, -0.25) is 9.69 Å². The lowest BCUT2D eigenvalue weighted by atomic mass is 10.3. The van der Waals surface area contributed by atoms with Crippen LogP contribution in [0.5, 0.6) is 0 Å². The van der Waals surface area contributed by atoms with E-state index in [0.29, 0.717) is 52.2 Å². The van der Waals surface area contributed by atoms with Gasteiger partial charge in [0.05, 0.1) is 18.8 Å². The summed E-state index contributed by atoms with van der Waals surface area (Å²) >= 11 is 0. The molecule has 3 aliphatic heterocycles. The van der Waals surface area contributed by atoms with Crippen molar-refractivity contribution >= 4 is 22.1 Å². The maximum atomic E-state index is 12.9. The second-order valence-electron chi connectivity index (χ2n) is 7.38. The predicted molar refractivity (Wildman–Crippen MR) is 98.2 cm³/mol. The van der Waals surface area contributed by atoms with Gasteiger partial charge in [-0.25, -0.2) is 4.79 Å². The van der Waals surface area contributed by atoms with E-state index >= 15 is 0 Å². The van der Waals surface area contributed by atoms with Crippen LogP contribution in [0.25, 0.3) is 0 Å². The number of carbonyl (C=O) groups is 2. The summed E-state index contributed by atoms with van der Waals surface area (Å²) in [4.78, 5) is 26.5. The maximum Gasteiger partial charge on any atom is 0.324 e. The van der Waals surface area contributed by atoms with Gasteiger partial charge >= 0.3 is 6.03 Å². The van der Waals surface area contributed by atoms with Crippen molar-refractivity contribution < 1.29 is 22.7 Å². The number of nitrogens with one attached hydrogen (secondary N) is 1. The van der Waals surface area contributed by atoms with E-state index in [1.807, 2.05) is 13.8 Å². The number of hydrogen-bond donors (Lipinski definition) is 1. The van der Waals surface area contributed by atoms with Gasteiger partial charge in [0.25, 0.3) is 10.2 Å². The van der Waals surface area contributed by atoms with E-state index < -0.39 is 10.2 Å². The first kappa shape index (κ1) is 20.5. The molecule has 3 fully saturated rings. The second-order valence-corrected chi connectivity index (χ2v) is 9.31. The molecule has 2 unspecified atom stereocenters. The summed E-state index contributed by atoms with van der Waals surface area (Å²) in [6.07, 6.45) is 0.482. The Hall–Kier alpha value is -1.27. The minimum Gasteiger partial charge on any atom is -0.373 e. The fourth-order valence-electron chi connectivity index (χ4n) is 3.80. The van der Waals surface area contributed by atoms with Crippen LogP contribution in [0.3, 0.4) is 0 Å². The molecule has 0 aromatic rings. The molecule has 0 bridgehead atoms. The Labute approximate surface area is 160 Å². The molecule has 3 aliphatic rings. The molecule has 0 saturated carbocycles. The van der Waals surface area contributed by atoms with E-state index in [-0.39, 0.29) is 30.7 Å². The zero-order chi connectivity index (χ0) is 19.6. The Morgan fingerprint density at radius 1 is 1.00 bits per heavy atom. The first-order chi connectivity index (χ1) is 12.8.